The third-order valence-electron chi connectivity index (χ3n) is 6.15. The Kier molecular flexibility index (Phi) is 8.47. The van der Waals surface area contributed by atoms with E-state index in [0.29, 0.717) is 18.5 Å². The Morgan fingerprint density at radius 3 is 2.45 bits per heavy atom. The predicted molar refractivity (Wildman–Crippen MR) is 135 cm³/mol. The third kappa shape index (κ3) is 6.40. The van der Waals surface area contributed by atoms with Crippen molar-refractivity contribution in [3.63, 3.8) is 0 Å². The lowest BCUT2D eigenvalue weighted by molar-refractivity contribution is -0.0198. The normalized spacial score (nSPS) is 13.4. The van der Waals surface area contributed by atoms with Gasteiger partial charge in [0.15, 0.2) is 0 Å². The zero-order valence-corrected chi connectivity index (χ0v) is 21.0. The highest BCUT2D eigenvalue weighted by Gasteiger charge is 2.39. The molecule has 0 aliphatic heterocycles. The second kappa shape index (κ2) is 11.8. The summed E-state index contributed by atoms with van der Waals surface area (Å²) in [4.78, 5) is 3.86. The van der Waals surface area contributed by atoms with Gasteiger partial charge in [0, 0.05) is 23.2 Å². The maximum Gasteiger partial charge on any atom is 0.143 e. The summed E-state index contributed by atoms with van der Waals surface area (Å²) in [5.74, 6) is 2.34. The van der Waals surface area contributed by atoms with Crippen LogP contribution in [0.25, 0.3) is 0 Å². The van der Waals surface area contributed by atoms with E-state index < -0.39 is 34.9 Å². The van der Waals surface area contributed by atoms with Gasteiger partial charge in [-0.1, -0.05) is 41.6 Å². The molecule has 0 bridgehead atoms. The Bertz CT molecular complexity index is 1470. The van der Waals surface area contributed by atoms with Gasteiger partial charge in [-0.3, -0.25) is 0 Å². The highest BCUT2D eigenvalue weighted by molar-refractivity contribution is 6.30. The number of benzene rings is 3. The molecule has 2 N–H and O–H groups in total. The van der Waals surface area contributed by atoms with Gasteiger partial charge in [0.05, 0.1) is 17.1 Å². The first kappa shape index (κ1) is 27.3. The van der Waals surface area contributed by atoms with E-state index in [4.69, 9.17) is 11.6 Å². The average molecular weight is 543 g/mol. The fourth-order valence-corrected chi connectivity index (χ4v) is 4.12. The van der Waals surface area contributed by atoms with Crippen LogP contribution in [-0.2, 0) is 18.6 Å². The van der Waals surface area contributed by atoms with E-state index >= 15 is 0 Å². The summed E-state index contributed by atoms with van der Waals surface area (Å²) in [5, 5.41) is 18.5. The minimum absolute atomic E-state index is 0.0608. The van der Waals surface area contributed by atoms with Gasteiger partial charge in [0.2, 0.25) is 0 Å². The van der Waals surface area contributed by atoms with Crippen LogP contribution in [0.15, 0.2) is 67.3 Å². The van der Waals surface area contributed by atoms with Crippen LogP contribution in [0.1, 0.15) is 29.2 Å². The summed E-state index contributed by atoms with van der Waals surface area (Å²) in [6.07, 6.45) is 3.28. The third-order valence-corrected chi connectivity index (χ3v) is 6.44. The highest BCUT2D eigenvalue weighted by Crippen LogP contribution is 2.30. The van der Waals surface area contributed by atoms with Gasteiger partial charge in [0.25, 0.3) is 0 Å². The molecule has 196 valence electrons. The molecule has 0 unspecified atom stereocenters. The molecule has 1 heterocycles. The Labute approximate surface area is 222 Å². The number of aromatic nitrogens is 3. The van der Waals surface area contributed by atoms with E-state index in [1.165, 1.54) is 23.4 Å². The molecule has 10 heteroatoms. The Morgan fingerprint density at radius 2 is 1.76 bits per heavy atom. The molecule has 0 fully saturated rings. The summed E-state index contributed by atoms with van der Waals surface area (Å²) in [6, 6.07) is 11.4. The van der Waals surface area contributed by atoms with Gasteiger partial charge in [0.1, 0.15) is 41.5 Å². The van der Waals surface area contributed by atoms with Crippen LogP contribution in [0.4, 0.5) is 17.6 Å². The number of aliphatic hydroxyl groups is 1. The van der Waals surface area contributed by atoms with Crippen LogP contribution < -0.4 is 5.32 Å². The van der Waals surface area contributed by atoms with Crippen molar-refractivity contribution in [3.05, 3.63) is 118 Å². The first-order valence-corrected chi connectivity index (χ1v) is 12.0. The molecule has 38 heavy (non-hydrogen) atoms. The van der Waals surface area contributed by atoms with Crippen LogP contribution in [-0.4, -0.2) is 32.5 Å². The van der Waals surface area contributed by atoms with Crippen LogP contribution in [0.2, 0.25) is 5.02 Å². The van der Waals surface area contributed by atoms with Gasteiger partial charge in [-0.2, -0.15) is 5.10 Å². The molecule has 4 rings (SSSR count). The quantitative estimate of drug-likeness (QED) is 0.187. The monoisotopic (exact) mass is 542 g/mol. The van der Waals surface area contributed by atoms with E-state index in [1.54, 1.807) is 19.1 Å². The van der Waals surface area contributed by atoms with E-state index in [-0.39, 0.29) is 22.7 Å². The summed E-state index contributed by atoms with van der Waals surface area (Å²) >= 11 is 5.56. The van der Waals surface area contributed by atoms with Crippen molar-refractivity contribution in [1.82, 2.24) is 20.1 Å². The fraction of sp³-hybridized carbons (Fsp3) is 0.214. The lowest BCUT2D eigenvalue weighted by Gasteiger charge is -2.35. The molecule has 0 aliphatic rings. The lowest BCUT2D eigenvalue weighted by atomic mass is 9.86. The maximum atomic E-state index is 14.7. The highest BCUT2D eigenvalue weighted by atomic mass is 35.5. The van der Waals surface area contributed by atoms with Gasteiger partial charge < -0.3 is 10.4 Å². The van der Waals surface area contributed by atoms with Crippen molar-refractivity contribution in [2.75, 3.05) is 6.54 Å². The van der Waals surface area contributed by atoms with Crippen molar-refractivity contribution in [2.24, 2.45) is 0 Å². The second-order valence-corrected chi connectivity index (χ2v) is 9.17. The van der Waals surface area contributed by atoms with E-state index in [0.717, 1.165) is 29.8 Å². The topological polar surface area (TPSA) is 63.0 Å². The molecule has 1 aromatic heterocycles. The van der Waals surface area contributed by atoms with Crippen LogP contribution in [0.5, 0.6) is 0 Å². The molecule has 0 aliphatic carbocycles. The molecule has 2 atom stereocenters. The summed E-state index contributed by atoms with van der Waals surface area (Å²) in [7, 11) is 0. The number of hydrogen-bond acceptors (Lipinski definition) is 4. The first-order chi connectivity index (χ1) is 18.2. The van der Waals surface area contributed by atoms with Crippen molar-refractivity contribution in [2.45, 2.75) is 31.5 Å². The standard InChI is InChI=1S/C28H23ClF4N4O/c1-18(28(38,15-37-17-34-16-36-37)23-9-8-22(30)13-26(23)32)35-11-10-20-4-2-19(3-5-20)6-7-21-12-27(33)24(29)14-25(21)31/h2-5,8-9,12-14,16-18,35,38H,10-11,15H2,1H3/t18-,28-/m1/s1. The number of nitrogens with zero attached hydrogens (tertiary/aromatic N) is 3. The molecule has 0 spiro atoms. The number of nitrogens with one attached hydrogen (secondary N) is 1. The van der Waals surface area contributed by atoms with Crippen LogP contribution >= 0.6 is 11.6 Å². The van der Waals surface area contributed by atoms with Crippen molar-refractivity contribution in [3.8, 4) is 11.8 Å². The van der Waals surface area contributed by atoms with E-state index in [9.17, 15) is 22.7 Å². The zero-order chi connectivity index (χ0) is 27.3. The van der Waals surface area contributed by atoms with Gasteiger partial charge in [-0.15, -0.1) is 0 Å². The number of halogens is 5. The predicted octanol–water partition coefficient (Wildman–Crippen LogP) is 5.00. The van der Waals surface area contributed by atoms with E-state index in [2.05, 4.69) is 27.2 Å². The molecule has 0 amide bonds. The molecule has 4 aromatic rings. The smallest absolute Gasteiger partial charge is 0.143 e. The van der Waals surface area contributed by atoms with Crippen molar-refractivity contribution in [1.29, 1.82) is 0 Å². The second-order valence-electron chi connectivity index (χ2n) is 8.76. The van der Waals surface area contributed by atoms with Crippen LogP contribution in [0, 0.1) is 35.1 Å². The van der Waals surface area contributed by atoms with E-state index in [1.807, 2.05) is 12.1 Å². The molecule has 0 radical (unpaired) electrons. The fourth-order valence-electron chi connectivity index (χ4n) is 3.97. The summed E-state index contributed by atoms with van der Waals surface area (Å²) in [5.41, 5.74) is -0.341. The molecule has 0 saturated heterocycles. The molecule has 3 aromatic carbocycles. The Balaban J connectivity index is 1.42. The van der Waals surface area contributed by atoms with Crippen LogP contribution in [0.3, 0.4) is 0 Å². The largest absolute Gasteiger partial charge is 0.381 e. The lowest BCUT2D eigenvalue weighted by Crippen LogP contribution is -2.50. The minimum Gasteiger partial charge on any atom is -0.381 e. The summed E-state index contributed by atoms with van der Waals surface area (Å²) in [6.45, 7) is 2.04. The molecule has 0 saturated carbocycles. The SMILES string of the molecule is C[C@@H](NCCc1ccc(C#Cc2cc(F)c(Cl)cc2F)cc1)[C@](O)(Cn1cncn1)c1ccc(F)cc1F. The Hall–Kier alpha value is -3.71. The molecule has 5 nitrogen and oxygen atoms in total. The maximum absolute atomic E-state index is 14.7. The number of hydrogen-bond donors (Lipinski definition) is 2. The van der Waals surface area contributed by atoms with Crippen molar-refractivity contribution >= 4 is 11.6 Å². The first-order valence-electron chi connectivity index (χ1n) is 11.6. The van der Waals surface area contributed by atoms with Gasteiger partial charge in [-0.05, 0) is 55.8 Å². The molecular formula is C28H23ClF4N4O. The molecular weight excluding hydrogens is 520 g/mol. The minimum atomic E-state index is -1.75. The zero-order valence-electron chi connectivity index (χ0n) is 20.2. The van der Waals surface area contributed by atoms with Gasteiger partial charge >= 0.3 is 0 Å². The van der Waals surface area contributed by atoms with Gasteiger partial charge in [-0.25, -0.2) is 27.2 Å². The summed E-state index contributed by atoms with van der Waals surface area (Å²) < 4.78 is 57.0. The Morgan fingerprint density at radius 1 is 1.00 bits per heavy atom. The number of rotatable bonds is 8. The average Bonchev–Trinajstić information content (AvgIpc) is 3.39. The van der Waals surface area contributed by atoms with Crippen molar-refractivity contribution < 1.29 is 22.7 Å².